The molecule has 7 rings (SSSR count). The third-order valence-corrected chi connectivity index (χ3v) is 11.8. The van der Waals surface area contributed by atoms with Gasteiger partial charge in [-0.3, -0.25) is 19.8 Å². The molecular formula is C39H42Cl2FN5O6. The lowest BCUT2D eigenvalue weighted by Gasteiger charge is -2.38. The maximum Gasteiger partial charge on any atom is 0.323 e. The van der Waals surface area contributed by atoms with Gasteiger partial charge >= 0.3 is 5.97 Å². The highest BCUT2D eigenvalue weighted by molar-refractivity contribution is 6.36. The van der Waals surface area contributed by atoms with Gasteiger partial charge in [-0.15, -0.1) is 0 Å². The van der Waals surface area contributed by atoms with Gasteiger partial charge in [0.1, 0.15) is 28.2 Å². The highest BCUT2D eigenvalue weighted by Crippen LogP contribution is 2.46. The normalized spacial score (nSPS) is 18.1. The zero-order chi connectivity index (χ0) is 37.6. The molecule has 11 nitrogen and oxygen atoms in total. The number of anilines is 1. The van der Waals surface area contributed by atoms with Crippen LogP contribution >= 0.6 is 23.2 Å². The van der Waals surface area contributed by atoms with Crippen molar-refractivity contribution >= 4 is 40.8 Å². The van der Waals surface area contributed by atoms with Crippen molar-refractivity contribution < 1.29 is 33.7 Å². The quantitative estimate of drug-likeness (QED) is 0.124. The van der Waals surface area contributed by atoms with Gasteiger partial charge in [0, 0.05) is 62.0 Å². The first kappa shape index (κ1) is 37.1. The zero-order valence-electron chi connectivity index (χ0n) is 29.8. The predicted molar refractivity (Wildman–Crippen MR) is 199 cm³/mol. The standard InChI is InChI=1S/C39H42Cl2FN5O6/c1-21(20-48)47-16-13-29-28(19-47)44-36(46(29)2)37(49)45-27-10-5-9-25(33(27)40)22-7-4-8-24-23(22)11-12-30(24)53-32-17-31(52-3)26(35(42)34(32)41)18-43-39(38(50)51)14-6-15-39/h4-5,7-10,17,21,30,43,48H,6,11-16,18-20H2,1-3H3,(H,45,49)(H,50,51). The molecule has 0 spiro atoms. The summed E-state index contributed by atoms with van der Waals surface area (Å²) in [6.07, 6.45) is 3.26. The summed E-state index contributed by atoms with van der Waals surface area (Å²) >= 11 is 13.5. The lowest BCUT2D eigenvalue weighted by molar-refractivity contribution is -0.148. The Kier molecular flexibility index (Phi) is 10.4. The maximum absolute atomic E-state index is 15.7. The third-order valence-electron chi connectivity index (χ3n) is 11.1. The van der Waals surface area contributed by atoms with Crippen molar-refractivity contribution in [2.45, 2.75) is 76.2 Å². The Labute approximate surface area is 317 Å². The molecule has 0 saturated heterocycles. The summed E-state index contributed by atoms with van der Waals surface area (Å²) in [5, 5.41) is 25.4. The molecule has 1 fully saturated rings. The number of aromatic nitrogens is 2. The molecule has 0 radical (unpaired) electrons. The smallest absolute Gasteiger partial charge is 0.323 e. The molecule has 4 aromatic rings. The average molecular weight is 767 g/mol. The van der Waals surface area contributed by atoms with Gasteiger partial charge in [0.2, 0.25) is 0 Å². The van der Waals surface area contributed by atoms with Crippen LogP contribution in [0.25, 0.3) is 11.1 Å². The van der Waals surface area contributed by atoms with E-state index in [1.54, 1.807) is 12.1 Å². The number of aliphatic hydroxyl groups is 1. The van der Waals surface area contributed by atoms with E-state index in [1.807, 2.05) is 48.9 Å². The minimum atomic E-state index is -1.08. The van der Waals surface area contributed by atoms with Crippen LogP contribution in [0.5, 0.6) is 11.5 Å². The molecule has 1 aromatic heterocycles. The van der Waals surface area contributed by atoms with E-state index in [2.05, 4.69) is 20.5 Å². The van der Waals surface area contributed by atoms with Crippen LogP contribution in [-0.4, -0.2) is 68.4 Å². The molecule has 1 amide bonds. The molecule has 4 N–H and O–H groups in total. The van der Waals surface area contributed by atoms with Gasteiger partial charge in [-0.1, -0.05) is 53.5 Å². The van der Waals surface area contributed by atoms with E-state index in [-0.39, 0.29) is 53.0 Å². The number of ether oxygens (including phenoxy) is 2. The van der Waals surface area contributed by atoms with E-state index in [0.717, 1.165) is 53.0 Å². The Morgan fingerprint density at radius 3 is 2.57 bits per heavy atom. The number of carbonyl (C=O) groups is 2. The molecule has 3 aromatic carbocycles. The molecule has 2 heterocycles. The van der Waals surface area contributed by atoms with Gasteiger partial charge in [0.05, 0.1) is 30.1 Å². The number of aliphatic carboxylic acids is 1. The number of halogens is 3. The molecule has 14 heteroatoms. The van der Waals surface area contributed by atoms with Gasteiger partial charge in [0.15, 0.2) is 11.6 Å². The number of carbonyl (C=O) groups excluding carboxylic acids is 1. The minimum Gasteiger partial charge on any atom is -0.496 e. The average Bonchev–Trinajstić information content (AvgIpc) is 3.70. The fourth-order valence-electron chi connectivity index (χ4n) is 7.71. The van der Waals surface area contributed by atoms with Crippen molar-refractivity contribution in [3.05, 3.63) is 92.2 Å². The first-order valence-electron chi connectivity index (χ1n) is 17.8. The summed E-state index contributed by atoms with van der Waals surface area (Å²) < 4.78 is 29.4. The fourth-order valence-corrected chi connectivity index (χ4v) is 8.20. The first-order chi connectivity index (χ1) is 25.5. The van der Waals surface area contributed by atoms with Crippen LogP contribution in [0, 0.1) is 5.82 Å². The molecule has 2 aliphatic carbocycles. The number of amides is 1. The number of benzene rings is 3. The van der Waals surface area contributed by atoms with Gasteiger partial charge in [-0.2, -0.15) is 0 Å². The van der Waals surface area contributed by atoms with Crippen LogP contribution < -0.4 is 20.1 Å². The molecule has 2 unspecified atom stereocenters. The number of rotatable bonds is 12. The second kappa shape index (κ2) is 14.9. The number of imidazole rings is 1. The fraction of sp³-hybridized carbons (Fsp3) is 0.410. The van der Waals surface area contributed by atoms with Crippen molar-refractivity contribution in [2.24, 2.45) is 7.05 Å². The monoisotopic (exact) mass is 765 g/mol. The number of fused-ring (bicyclic) bond motifs is 2. The van der Waals surface area contributed by atoms with E-state index in [0.29, 0.717) is 42.9 Å². The third kappa shape index (κ3) is 6.76. The molecule has 2 atom stereocenters. The second-order valence-electron chi connectivity index (χ2n) is 14.1. The van der Waals surface area contributed by atoms with E-state index in [4.69, 9.17) is 32.7 Å². The van der Waals surface area contributed by atoms with Gasteiger partial charge in [-0.05, 0) is 61.8 Å². The lowest BCUT2D eigenvalue weighted by atomic mass is 9.76. The molecule has 280 valence electrons. The molecular weight excluding hydrogens is 724 g/mol. The summed E-state index contributed by atoms with van der Waals surface area (Å²) in [5.41, 5.74) is 4.88. The largest absolute Gasteiger partial charge is 0.496 e. The van der Waals surface area contributed by atoms with Gasteiger partial charge in [0.25, 0.3) is 5.91 Å². The minimum absolute atomic E-state index is 0.00146. The van der Waals surface area contributed by atoms with Crippen molar-refractivity contribution in [3.8, 4) is 22.6 Å². The van der Waals surface area contributed by atoms with E-state index in [1.165, 1.54) is 7.11 Å². The van der Waals surface area contributed by atoms with Crippen LogP contribution in [-0.2, 0) is 37.8 Å². The molecule has 0 bridgehead atoms. The van der Waals surface area contributed by atoms with Crippen molar-refractivity contribution in [3.63, 3.8) is 0 Å². The highest BCUT2D eigenvalue weighted by Gasteiger charge is 2.44. The Morgan fingerprint density at radius 2 is 1.87 bits per heavy atom. The van der Waals surface area contributed by atoms with Crippen LogP contribution in [0.15, 0.2) is 42.5 Å². The Bertz CT molecular complexity index is 2090. The topological polar surface area (TPSA) is 138 Å². The number of hydrogen-bond donors (Lipinski definition) is 4. The van der Waals surface area contributed by atoms with Crippen LogP contribution in [0.4, 0.5) is 10.1 Å². The van der Waals surface area contributed by atoms with Gasteiger partial charge < -0.3 is 29.6 Å². The van der Waals surface area contributed by atoms with Crippen molar-refractivity contribution in [2.75, 3.05) is 25.6 Å². The molecule has 1 saturated carbocycles. The Balaban J connectivity index is 1.10. The lowest BCUT2D eigenvalue weighted by Crippen LogP contribution is -2.56. The summed E-state index contributed by atoms with van der Waals surface area (Å²) in [6, 6.07) is 12.9. The number of methoxy groups -OCH3 is 1. The summed E-state index contributed by atoms with van der Waals surface area (Å²) in [6.45, 7) is 3.29. The first-order valence-corrected chi connectivity index (χ1v) is 18.5. The van der Waals surface area contributed by atoms with Gasteiger partial charge in [-0.25, -0.2) is 9.37 Å². The van der Waals surface area contributed by atoms with Crippen molar-refractivity contribution in [1.29, 1.82) is 0 Å². The van der Waals surface area contributed by atoms with Crippen LogP contribution in [0.3, 0.4) is 0 Å². The van der Waals surface area contributed by atoms with E-state index < -0.39 is 23.4 Å². The highest BCUT2D eigenvalue weighted by atomic mass is 35.5. The summed E-state index contributed by atoms with van der Waals surface area (Å²) in [5.74, 6) is -1.45. The molecule has 3 aliphatic rings. The Morgan fingerprint density at radius 1 is 1.11 bits per heavy atom. The molecule has 53 heavy (non-hydrogen) atoms. The summed E-state index contributed by atoms with van der Waals surface area (Å²) in [4.78, 5) is 32.2. The SMILES string of the molecule is COc1cc(OC2CCc3c(-c4cccc(NC(=O)c5nc6c(n5C)CCN(C(C)CO)C6)c4Cl)cccc32)c(Cl)c(F)c1CNC1(C(=O)O)CCC1. The Hall–Kier alpha value is -4.20. The number of carboxylic acid groups (broad SMARTS) is 1. The van der Waals surface area contributed by atoms with E-state index >= 15 is 4.39 Å². The van der Waals surface area contributed by atoms with Crippen LogP contribution in [0.1, 0.15) is 77.4 Å². The number of aliphatic hydroxyl groups excluding tert-OH is 1. The van der Waals surface area contributed by atoms with Crippen LogP contribution in [0.2, 0.25) is 10.0 Å². The number of nitrogens with one attached hydrogen (secondary N) is 2. The number of nitrogens with zero attached hydrogens (tertiary/aromatic N) is 3. The maximum atomic E-state index is 15.7. The van der Waals surface area contributed by atoms with E-state index in [9.17, 15) is 19.8 Å². The summed E-state index contributed by atoms with van der Waals surface area (Å²) in [7, 11) is 3.26. The zero-order valence-corrected chi connectivity index (χ0v) is 31.3. The predicted octanol–water partition coefficient (Wildman–Crippen LogP) is 6.70. The molecule has 1 aliphatic heterocycles. The number of hydrogen-bond acceptors (Lipinski definition) is 8. The second-order valence-corrected chi connectivity index (χ2v) is 14.8. The van der Waals surface area contributed by atoms with Crippen molar-refractivity contribution in [1.82, 2.24) is 19.8 Å². The number of carboxylic acids is 1.